The molecule has 0 amide bonds. The van der Waals surface area contributed by atoms with Gasteiger partial charge in [-0.1, -0.05) is 236 Å². The molecule has 0 aliphatic rings. The number of hydrogen-bond donors (Lipinski definition) is 0. The van der Waals surface area contributed by atoms with E-state index >= 15 is 0 Å². The first-order valence-electron chi connectivity index (χ1n) is 28.3. The minimum absolute atomic E-state index is 0.0918. The van der Waals surface area contributed by atoms with Gasteiger partial charge in [0.2, 0.25) is 0 Å². The molecule has 0 fully saturated rings. The van der Waals surface area contributed by atoms with Crippen LogP contribution in [0.4, 0.5) is 0 Å². The summed E-state index contributed by atoms with van der Waals surface area (Å²) in [7, 11) is 0. The number of allylic oxidation sites excluding steroid dienone is 10. The van der Waals surface area contributed by atoms with Crippen molar-refractivity contribution in [1.29, 1.82) is 0 Å². The first-order chi connectivity index (χ1) is 32.5. The molecule has 0 aromatic rings. The Kier molecular flexibility index (Phi) is 52.3. The maximum Gasteiger partial charge on any atom is 0.306 e. The Hall–Kier alpha value is -2.89. The summed E-state index contributed by atoms with van der Waals surface area (Å²) in [6, 6.07) is 0. The number of carbonyl (C=O) groups excluding carboxylic acids is 3. The standard InChI is InChI=1S/C60H106O6/c1-4-7-10-13-16-19-22-25-28-29-30-33-35-38-41-44-47-50-53-59(62)65-56-57(66-60(63)54-51-48-45-42-39-36-32-27-24-21-18-15-12-9-6-3)55-64-58(61)52-49-46-43-40-37-34-31-26-23-20-17-14-11-8-5-2/h17-18,20-21,26-27,31-32,39,42,57H,4-16,19,22-25,28-30,33-38,40-41,43-56H2,1-3H3/b20-17-,21-18-,31-26-,32-27-,42-39-/t57-/m1/s1. The van der Waals surface area contributed by atoms with Crippen LogP contribution in [0.2, 0.25) is 0 Å². The zero-order valence-corrected chi connectivity index (χ0v) is 43.7. The van der Waals surface area contributed by atoms with Gasteiger partial charge < -0.3 is 14.2 Å². The molecule has 0 heterocycles. The van der Waals surface area contributed by atoms with Crippen LogP contribution >= 0.6 is 0 Å². The topological polar surface area (TPSA) is 78.9 Å². The van der Waals surface area contributed by atoms with E-state index in [-0.39, 0.29) is 37.5 Å². The maximum atomic E-state index is 12.8. The van der Waals surface area contributed by atoms with Gasteiger partial charge in [0.1, 0.15) is 13.2 Å². The van der Waals surface area contributed by atoms with Gasteiger partial charge in [0.05, 0.1) is 0 Å². The summed E-state index contributed by atoms with van der Waals surface area (Å²) >= 11 is 0. The summed E-state index contributed by atoms with van der Waals surface area (Å²) in [5.74, 6) is -0.934. The number of unbranched alkanes of at least 4 members (excludes halogenated alkanes) is 30. The summed E-state index contributed by atoms with van der Waals surface area (Å²) < 4.78 is 16.8. The molecule has 0 saturated carbocycles. The maximum absolute atomic E-state index is 12.8. The van der Waals surface area contributed by atoms with Gasteiger partial charge in [0.25, 0.3) is 0 Å². The first kappa shape index (κ1) is 63.1. The van der Waals surface area contributed by atoms with Crippen LogP contribution < -0.4 is 0 Å². The molecule has 0 unspecified atom stereocenters. The number of ether oxygens (including phenoxy) is 3. The third-order valence-corrected chi connectivity index (χ3v) is 12.2. The van der Waals surface area contributed by atoms with Gasteiger partial charge >= 0.3 is 17.9 Å². The normalized spacial score (nSPS) is 12.5. The highest BCUT2D eigenvalue weighted by Gasteiger charge is 2.19. The van der Waals surface area contributed by atoms with Crippen LogP contribution in [0, 0.1) is 0 Å². The fraction of sp³-hybridized carbons (Fsp3) is 0.783. The molecular formula is C60H106O6. The lowest BCUT2D eigenvalue weighted by Gasteiger charge is -2.18. The highest BCUT2D eigenvalue weighted by molar-refractivity contribution is 5.71. The Morgan fingerprint density at radius 1 is 0.303 bits per heavy atom. The van der Waals surface area contributed by atoms with Gasteiger partial charge in [-0.3, -0.25) is 14.4 Å². The molecule has 0 bridgehead atoms. The van der Waals surface area contributed by atoms with Gasteiger partial charge in [0, 0.05) is 19.3 Å². The average molecular weight is 924 g/mol. The van der Waals surface area contributed by atoms with Crippen molar-refractivity contribution in [3.8, 4) is 0 Å². The van der Waals surface area contributed by atoms with Crippen molar-refractivity contribution in [1.82, 2.24) is 0 Å². The molecule has 0 aromatic carbocycles. The van der Waals surface area contributed by atoms with E-state index < -0.39 is 6.10 Å². The zero-order valence-electron chi connectivity index (χ0n) is 43.7. The fourth-order valence-electron chi connectivity index (χ4n) is 7.95. The lowest BCUT2D eigenvalue weighted by molar-refractivity contribution is -0.167. The highest BCUT2D eigenvalue weighted by Crippen LogP contribution is 2.16. The van der Waals surface area contributed by atoms with E-state index in [9.17, 15) is 14.4 Å². The van der Waals surface area contributed by atoms with Gasteiger partial charge in [-0.25, -0.2) is 0 Å². The zero-order chi connectivity index (χ0) is 47.9. The van der Waals surface area contributed by atoms with Crippen molar-refractivity contribution >= 4 is 17.9 Å². The molecule has 0 aromatic heterocycles. The summed E-state index contributed by atoms with van der Waals surface area (Å²) in [5, 5.41) is 0. The van der Waals surface area contributed by atoms with Crippen molar-refractivity contribution < 1.29 is 28.6 Å². The van der Waals surface area contributed by atoms with Crippen LogP contribution in [0.5, 0.6) is 0 Å². The Morgan fingerprint density at radius 2 is 0.545 bits per heavy atom. The van der Waals surface area contributed by atoms with Crippen LogP contribution in [0.15, 0.2) is 60.8 Å². The quantitative estimate of drug-likeness (QED) is 0.0262. The molecule has 0 radical (unpaired) electrons. The molecule has 0 N–H and O–H groups in total. The largest absolute Gasteiger partial charge is 0.462 e. The molecule has 0 aliphatic heterocycles. The summed E-state index contributed by atoms with van der Waals surface area (Å²) in [5.41, 5.74) is 0. The van der Waals surface area contributed by atoms with Crippen molar-refractivity contribution in [3.05, 3.63) is 60.8 Å². The first-order valence-corrected chi connectivity index (χ1v) is 28.3. The molecular weight excluding hydrogens is 817 g/mol. The lowest BCUT2D eigenvalue weighted by Crippen LogP contribution is -2.30. The fourth-order valence-corrected chi connectivity index (χ4v) is 7.95. The van der Waals surface area contributed by atoms with Crippen molar-refractivity contribution in [2.45, 2.75) is 290 Å². The molecule has 0 saturated heterocycles. The van der Waals surface area contributed by atoms with Crippen LogP contribution in [-0.2, 0) is 28.6 Å². The molecule has 1 atom stereocenters. The van der Waals surface area contributed by atoms with Crippen LogP contribution in [0.25, 0.3) is 0 Å². The third kappa shape index (κ3) is 52.1. The van der Waals surface area contributed by atoms with Crippen molar-refractivity contribution in [2.75, 3.05) is 13.2 Å². The van der Waals surface area contributed by atoms with Crippen LogP contribution in [-0.4, -0.2) is 37.2 Å². The Balaban J connectivity index is 4.42. The van der Waals surface area contributed by atoms with E-state index in [2.05, 4.69) is 81.5 Å². The summed E-state index contributed by atoms with van der Waals surface area (Å²) in [6.45, 7) is 6.57. The minimum atomic E-state index is -0.798. The number of carbonyl (C=O) groups is 3. The predicted octanol–water partition coefficient (Wildman–Crippen LogP) is 18.8. The van der Waals surface area contributed by atoms with Gasteiger partial charge in [-0.2, -0.15) is 0 Å². The lowest BCUT2D eigenvalue weighted by atomic mass is 10.0. The molecule has 0 rings (SSSR count). The van der Waals surface area contributed by atoms with Gasteiger partial charge in [-0.15, -0.1) is 0 Å². The van der Waals surface area contributed by atoms with E-state index in [1.165, 1.54) is 154 Å². The molecule has 0 spiro atoms. The molecule has 6 nitrogen and oxygen atoms in total. The number of hydrogen-bond acceptors (Lipinski definition) is 6. The summed E-state index contributed by atoms with van der Waals surface area (Å²) in [6.07, 6.45) is 67.8. The van der Waals surface area contributed by atoms with E-state index in [1.54, 1.807) is 0 Å². The van der Waals surface area contributed by atoms with Crippen molar-refractivity contribution in [3.63, 3.8) is 0 Å². The molecule has 382 valence electrons. The second-order valence-electron chi connectivity index (χ2n) is 18.8. The molecule has 66 heavy (non-hydrogen) atoms. The SMILES string of the molecule is CCCCC/C=C\C/C=C\C/C=C\CCCCC(=O)O[C@H](COC(=O)CCCCCCC/C=C\C/C=C\CCCCC)COC(=O)CCCCCCCCCCCCCCCCCCCC. The Labute approximate surface area is 409 Å². The number of rotatable bonds is 51. The average Bonchev–Trinajstić information content (AvgIpc) is 3.31. The van der Waals surface area contributed by atoms with Crippen LogP contribution in [0.1, 0.15) is 284 Å². The van der Waals surface area contributed by atoms with Crippen LogP contribution in [0.3, 0.4) is 0 Å². The smallest absolute Gasteiger partial charge is 0.306 e. The van der Waals surface area contributed by atoms with E-state index in [1.807, 2.05) is 0 Å². The monoisotopic (exact) mass is 923 g/mol. The minimum Gasteiger partial charge on any atom is -0.462 e. The molecule has 0 aliphatic carbocycles. The highest BCUT2D eigenvalue weighted by atomic mass is 16.6. The summed E-state index contributed by atoms with van der Waals surface area (Å²) in [4.78, 5) is 38.1. The number of esters is 3. The predicted molar refractivity (Wildman–Crippen MR) is 284 cm³/mol. The van der Waals surface area contributed by atoms with E-state index in [0.717, 1.165) is 83.5 Å². The van der Waals surface area contributed by atoms with E-state index in [4.69, 9.17) is 14.2 Å². The van der Waals surface area contributed by atoms with E-state index in [0.29, 0.717) is 19.3 Å². The van der Waals surface area contributed by atoms with Gasteiger partial charge in [-0.05, 0) is 89.9 Å². The van der Waals surface area contributed by atoms with Crippen molar-refractivity contribution in [2.24, 2.45) is 0 Å². The Bertz CT molecular complexity index is 1200. The van der Waals surface area contributed by atoms with Gasteiger partial charge in [0.15, 0.2) is 6.10 Å². The second-order valence-corrected chi connectivity index (χ2v) is 18.8. The second kappa shape index (κ2) is 54.7. The third-order valence-electron chi connectivity index (χ3n) is 12.2. The Morgan fingerprint density at radius 3 is 0.909 bits per heavy atom. The molecule has 6 heteroatoms.